The van der Waals surface area contributed by atoms with Crippen molar-refractivity contribution in [3.63, 3.8) is 0 Å². The number of nitrogens with one attached hydrogen (secondary N) is 1. The Labute approximate surface area is 216 Å². The van der Waals surface area contributed by atoms with Crippen molar-refractivity contribution in [3.05, 3.63) is 91.5 Å². The Morgan fingerprint density at radius 3 is 2.38 bits per heavy atom. The smallest absolute Gasteiger partial charge is 0.277 e. The fourth-order valence-corrected chi connectivity index (χ4v) is 6.48. The van der Waals surface area contributed by atoms with E-state index in [1.807, 2.05) is 18.2 Å². The second-order valence-electron chi connectivity index (χ2n) is 10.2. The van der Waals surface area contributed by atoms with Gasteiger partial charge in [0, 0.05) is 19.2 Å². The number of hydrogen-bond acceptors (Lipinski definition) is 6. The van der Waals surface area contributed by atoms with E-state index in [1.54, 1.807) is 7.11 Å². The summed E-state index contributed by atoms with van der Waals surface area (Å²) in [5, 5.41) is 28.0. The molecule has 0 radical (unpaired) electrons. The summed E-state index contributed by atoms with van der Waals surface area (Å²) in [6.07, 6.45) is 3.64. The summed E-state index contributed by atoms with van der Waals surface area (Å²) in [6.45, 7) is 4.37. The SMILES string of the molecule is CO[Si](C)(C)CCCC1CCc2ccc3ccccc3c2C1NC(=O)c1cc([N+](=O)[O-])cc([N+](=O)[O-])c1. The molecule has 0 aliphatic heterocycles. The summed E-state index contributed by atoms with van der Waals surface area (Å²) < 4.78 is 5.71. The van der Waals surface area contributed by atoms with E-state index in [4.69, 9.17) is 4.43 Å². The van der Waals surface area contributed by atoms with Gasteiger partial charge in [-0.1, -0.05) is 42.8 Å². The van der Waals surface area contributed by atoms with Crippen LogP contribution in [-0.4, -0.2) is 31.2 Å². The average Bonchev–Trinajstić information content (AvgIpc) is 2.88. The molecule has 0 saturated heterocycles. The monoisotopic (exact) mass is 521 g/mol. The number of amides is 1. The molecule has 194 valence electrons. The molecule has 0 saturated carbocycles. The van der Waals surface area contributed by atoms with E-state index in [2.05, 4.69) is 36.6 Å². The number of nitro benzene ring substituents is 2. The largest absolute Gasteiger partial charge is 0.420 e. The number of aryl methyl sites for hydroxylation is 1. The number of carbonyl (C=O) groups is 1. The minimum atomic E-state index is -1.73. The minimum absolute atomic E-state index is 0.0973. The van der Waals surface area contributed by atoms with Gasteiger partial charge in [-0.3, -0.25) is 25.0 Å². The number of nitrogens with zero attached hydrogens (tertiary/aromatic N) is 2. The highest BCUT2D eigenvalue weighted by molar-refractivity contribution is 6.71. The Morgan fingerprint density at radius 1 is 1.05 bits per heavy atom. The lowest BCUT2D eigenvalue weighted by Crippen LogP contribution is -2.37. The van der Waals surface area contributed by atoms with Gasteiger partial charge in [-0.25, -0.2) is 0 Å². The van der Waals surface area contributed by atoms with Crippen LogP contribution in [-0.2, 0) is 10.8 Å². The minimum Gasteiger partial charge on any atom is -0.420 e. The van der Waals surface area contributed by atoms with Crippen LogP contribution in [0.15, 0.2) is 54.6 Å². The van der Waals surface area contributed by atoms with Gasteiger partial charge in [0.25, 0.3) is 17.3 Å². The van der Waals surface area contributed by atoms with Gasteiger partial charge in [0.2, 0.25) is 0 Å². The third kappa shape index (κ3) is 5.86. The van der Waals surface area contributed by atoms with E-state index >= 15 is 0 Å². The standard InChI is InChI=1S/C27H31N3O6Si/c1-36-37(2,3)14-6-8-20-13-12-19-11-10-18-7-4-5-9-24(18)25(19)26(20)28-27(31)21-15-22(29(32)33)17-23(16-21)30(34)35/h4-5,7,9-11,15-17,20,26H,6,8,12-14H2,1-3H3,(H,28,31). The highest BCUT2D eigenvalue weighted by Crippen LogP contribution is 2.41. The lowest BCUT2D eigenvalue weighted by Gasteiger charge is -2.36. The first kappa shape index (κ1) is 26.4. The third-order valence-electron chi connectivity index (χ3n) is 7.41. The van der Waals surface area contributed by atoms with E-state index in [1.165, 1.54) is 0 Å². The Kier molecular flexibility index (Phi) is 7.70. The van der Waals surface area contributed by atoms with Crippen LogP contribution < -0.4 is 5.32 Å². The van der Waals surface area contributed by atoms with Crippen molar-refractivity contribution >= 4 is 36.4 Å². The second-order valence-corrected chi connectivity index (χ2v) is 14.6. The van der Waals surface area contributed by atoms with E-state index in [9.17, 15) is 25.0 Å². The van der Waals surface area contributed by atoms with Gasteiger partial charge < -0.3 is 9.74 Å². The Morgan fingerprint density at radius 2 is 1.73 bits per heavy atom. The highest BCUT2D eigenvalue weighted by Gasteiger charge is 2.33. The van der Waals surface area contributed by atoms with E-state index in [-0.39, 0.29) is 17.5 Å². The summed E-state index contributed by atoms with van der Waals surface area (Å²) in [4.78, 5) is 34.8. The molecule has 10 heteroatoms. The molecule has 9 nitrogen and oxygen atoms in total. The molecule has 1 aliphatic carbocycles. The zero-order valence-corrected chi connectivity index (χ0v) is 22.2. The predicted octanol–water partition coefficient (Wildman–Crippen LogP) is 6.32. The number of rotatable bonds is 9. The molecule has 3 aromatic rings. The van der Waals surface area contributed by atoms with Crippen molar-refractivity contribution in [2.45, 2.75) is 50.9 Å². The van der Waals surface area contributed by atoms with Gasteiger partial charge in [-0.15, -0.1) is 0 Å². The Balaban J connectivity index is 1.72. The maximum atomic E-state index is 13.5. The summed E-state index contributed by atoms with van der Waals surface area (Å²) in [5.41, 5.74) is 1.15. The molecule has 0 aromatic heterocycles. The zero-order valence-electron chi connectivity index (χ0n) is 21.2. The maximum Gasteiger partial charge on any atom is 0.277 e. The van der Waals surface area contributed by atoms with Crippen LogP contribution in [0.3, 0.4) is 0 Å². The molecule has 0 heterocycles. The molecule has 1 amide bonds. The van der Waals surface area contributed by atoms with Gasteiger partial charge in [0.05, 0.1) is 27.5 Å². The molecule has 1 aliphatic rings. The van der Waals surface area contributed by atoms with Crippen molar-refractivity contribution < 1.29 is 19.1 Å². The Bertz CT molecular complexity index is 1330. The van der Waals surface area contributed by atoms with E-state index in [0.717, 1.165) is 71.8 Å². The number of fused-ring (bicyclic) bond motifs is 3. The van der Waals surface area contributed by atoms with Crippen LogP contribution >= 0.6 is 0 Å². The van der Waals surface area contributed by atoms with Crippen LogP contribution in [0.4, 0.5) is 11.4 Å². The molecular formula is C27H31N3O6Si. The van der Waals surface area contributed by atoms with Crippen molar-refractivity contribution in [1.82, 2.24) is 5.32 Å². The third-order valence-corrected chi connectivity index (χ3v) is 10.1. The van der Waals surface area contributed by atoms with Crippen LogP contribution in [0.1, 0.15) is 46.8 Å². The lowest BCUT2D eigenvalue weighted by atomic mass is 9.75. The second kappa shape index (κ2) is 10.8. The van der Waals surface area contributed by atoms with Gasteiger partial charge in [0.15, 0.2) is 8.32 Å². The van der Waals surface area contributed by atoms with Gasteiger partial charge in [-0.2, -0.15) is 0 Å². The lowest BCUT2D eigenvalue weighted by molar-refractivity contribution is -0.394. The van der Waals surface area contributed by atoms with E-state index < -0.39 is 35.4 Å². The van der Waals surface area contributed by atoms with Crippen LogP contribution in [0.25, 0.3) is 10.8 Å². The molecule has 4 rings (SSSR count). The Hall–Kier alpha value is -3.63. The predicted molar refractivity (Wildman–Crippen MR) is 144 cm³/mol. The molecule has 0 spiro atoms. The first-order valence-corrected chi connectivity index (χ1v) is 15.5. The highest BCUT2D eigenvalue weighted by atomic mass is 28.4. The maximum absolute atomic E-state index is 13.5. The summed E-state index contributed by atoms with van der Waals surface area (Å²) in [5.74, 6) is -0.410. The van der Waals surface area contributed by atoms with Crippen molar-refractivity contribution in [1.29, 1.82) is 0 Å². The quantitative estimate of drug-likeness (QED) is 0.199. The topological polar surface area (TPSA) is 125 Å². The molecule has 0 bridgehead atoms. The number of carbonyl (C=O) groups excluding carboxylic acids is 1. The van der Waals surface area contributed by atoms with Gasteiger partial charge in [-0.05, 0) is 66.2 Å². The summed E-state index contributed by atoms with van der Waals surface area (Å²) in [7, 11) is 0.0273. The fourth-order valence-electron chi connectivity index (χ4n) is 5.22. The van der Waals surface area contributed by atoms with Crippen LogP contribution in [0, 0.1) is 26.1 Å². The fraction of sp³-hybridized carbons (Fsp3) is 0.370. The summed E-state index contributed by atoms with van der Waals surface area (Å²) >= 11 is 0. The molecule has 37 heavy (non-hydrogen) atoms. The zero-order chi connectivity index (χ0) is 26.7. The molecule has 0 fully saturated rings. The van der Waals surface area contributed by atoms with Crippen molar-refractivity contribution in [2.75, 3.05) is 7.11 Å². The first-order chi connectivity index (χ1) is 17.6. The number of non-ortho nitro benzene ring substituents is 2. The number of hydrogen-bond donors (Lipinski definition) is 1. The molecule has 3 aromatic carbocycles. The number of benzene rings is 3. The van der Waals surface area contributed by atoms with Crippen molar-refractivity contribution in [3.8, 4) is 0 Å². The van der Waals surface area contributed by atoms with Gasteiger partial charge >= 0.3 is 0 Å². The molecular weight excluding hydrogens is 490 g/mol. The van der Waals surface area contributed by atoms with Crippen LogP contribution in [0.2, 0.25) is 19.1 Å². The molecule has 2 atom stereocenters. The molecule has 1 N–H and O–H groups in total. The van der Waals surface area contributed by atoms with E-state index in [0.29, 0.717) is 0 Å². The van der Waals surface area contributed by atoms with Gasteiger partial charge in [0.1, 0.15) is 0 Å². The average molecular weight is 522 g/mol. The summed E-state index contributed by atoms with van der Waals surface area (Å²) in [6, 6.07) is 16.0. The van der Waals surface area contributed by atoms with Crippen LogP contribution in [0.5, 0.6) is 0 Å². The number of nitro groups is 2. The first-order valence-electron chi connectivity index (χ1n) is 12.4. The molecule has 2 unspecified atom stereocenters. The van der Waals surface area contributed by atoms with Crippen molar-refractivity contribution in [2.24, 2.45) is 5.92 Å². The normalized spacial score (nSPS) is 17.3.